The van der Waals surface area contributed by atoms with E-state index in [1.54, 1.807) is 18.2 Å². The van der Waals surface area contributed by atoms with Gasteiger partial charge in [-0.1, -0.05) is 18.9 Å². The van der Waals surface area contributed by atoms with Crippen molar-refractivity contribution in [3.05, 3.63) is 34.2 Å². The summed E-state index contributed by atoms with van der Waals surface area (Å²) in [5, 5.41) is 3.37. The number of sulfone groups is 1. The van der Waals surface area contributed by atoms with E-state index >= 15 is 0 Å². The Morgan fingerprint density at radius 3 is 2.70 bits per heavy atom. The van der Waals surface area contributed by atoms with Crippen LogP contribution >= 0.6 is 0 Å². The van der Waals surface area contributed by atoms with Crippen molar-refractivity contribution in [2.24, 2.45) is 5.73 Å². The summed E-state index contributed by atoms with van der Waals surface area (Å²) in [7, 11) is -3.31. The molecule has 0 amide bonds. The number of hydrogen-bond acceptors (Lipinski definition) is 4. The van der Waals surface area contributed by atoms with Gasteiger partial charge in [0.1, 0.15) is 0 Å². The zero-order valence-electron chi connectivity index (χ0n) is 11.4. The summed E-state index contributed by atoms with van der Waals surface area (Å²) in [5.41, 5.74) is 7.34. The maximum Gasteiger partial charge on any atom is 0.204 e. The van der Waals surface area contributed by atoms with E-state index in [0.29, 0.717) is 28.9 Å². The molecule has 3 rings (SSSR count). The molecule has 4 nitrogen and oxygen atoms in total. The summed E-state index contributed by atoms with van der Waals surface area (Å²) in [5.74, 6) is 0. The first kappa shape index (κ1) is 13.8. The van der Waals surface area contributed by atoms with E-state index in [4.69, 9.17) is 5.73 Å². The summed E-state index contributed by atoms with van der Waals surface area (Å²) < 4.78 is 24.9. The SMILES string of the molecule is NCc1ccc2c(c1)C=C(CNC1CCCC1)S2(=O)=O. The van der Waals surface area contributed by atoms with Gasteiger partial charge in [0.2, 0.25) is 9.84 Å². The number of nitrogens with two attached hydrogens (primary N) is 1. The first-order valence-electron chi connectivity index (χ1n) is 7.13. The van der Waals surface area contributed by atoms with Gasteiger partial charge in [-0.3, -0.25) is 0 Å². The average molecular weight is 292 g/mol. The molecule has 1 aromatic rings. The zero-order valence-corrected chi connectivity index (χ0v) is 12.2. The van der Waals surface area contributed by atoms with Gasteiger partial charge < -0.3 is 11.1 Å². The number of benzene rings is 1. The van der Waals surface area contributed by atoms with Crippen LogP contribution in [0, 0.1) is 0 Å². The number of nitrogens with one attached hydrogen (secondary N) is 1. The van der Waals surface area contributed by atoms with E-state index < -0.39 is 9.84 Å². The van der Waals surface area contributed by atoms with Crippen molar-refractivity contribution in [2.45, 2.75) is 43.2 Å². The first-order chi connectivity index (χ1) is 9.61. The maximum absolute atomic E-state index is 12.4. The Balaban J connectivity index is 1.81. The molecule has 1 aliphatic heterocycles. The second-order valence-corrected chi connectivity index (χ2v) is 7.52. The van der Waals surface area contributed by atoms with Gasteiger partial charge in [-0.05, 0) is 42.2 Å². The van der Waals surface area contributed by atoms with Crippen LogP contribution in [-0.2, 0) is 16.4 Å². The Labute approximate surface area is 120 Å². The highest BCUT2D eigenvalue weighted by molar-refractivity contribution is 7.95. The van der Waals surface area contributed by atoms with Crippen LogP contribution in [0.1, 0.15) is 36.8 Å². The second kappa shape index (κ2) is 5.31. The normalized spacial score (nSPS) is 20.9. The van der Waals surface area contributed by atoms with Crippen LogP contribution in [0.3, 0.4) is 0 Å². The van der Waals surface area contributed by atoms with Crippen molar-refractivity contribution in [1.82, 2.24) is 5.32 Å². The van der Waals surface area contributed by atoms with Gasteiger partial charge in [0.25, 0.3) is 0 Å². The predicted molar refractivity (Wildman–Crippen MR) is 79.8 cm³/mol. The zero-order chi connectivity index (χ0) is 14.2. The molecule has 1 aliphatic carbocycles. The average Bonchev–Trinajstić information content (AvgIpc) is 3.03. The van der Waals surface area contributed by atoms with Crippen LogP contribution in [0.2, 0.25) is 0 Å². The molecular weight excluding hydrogens is 272 g/mol. The highest BCUT2D eigenvalue weighted by atomic mass is 32.2. The van der Waals surface area contributed by atoms with Crippen LogP contribution in [0.25, 0.3) is 6.08 Å². The number of fused-ring (bicyclic) bond motifs is 1. The Bertz CT molecular complexity index is 644. The molecule has 0 bridgehead atoms. The van der Waals surface area contributed by atoms with Crippen molar-refractivity contribution in [3.63, 3.8) is 0 Å². The highest BCUT2D eigenvalue weighted by Crippen LogP contribution is 2.33. The Kier molecular flexibility index (Phi) is 3.67. The molecule has 108 valence electrons. The molecule has 1 heterocycles. The monoisotopic (exact) mass is 292 g/mol. The third kappa shape index (κ3) is 2.41. The molecule has 2 aliphatic rings. The van der Waals surface area contributed by atoms with Crippen molar-refractivity contribution in [3.8, 4) is 0 Å². The Morgan fingerprint density at radius 2 is 2.00 bits per heavy atom. The van der Waals surface area contributed by atoms with Crippen LogP contribution in [-0.4, -0.2) is 21.0 Å². The standard InChI is InChI=1S/C15H20N2O2S/c16-9-11-5-6-15-12(7-11)8-14(20(15,18)19)10-17-13-3-1-2-4-13/h5-8,13,17H,1-4,9-10,16H2. The predicted octanol–water partition coefficient (Wildman–Crippen LogP) is 1.81. The fraction of sp³-hybridized carbons (Fsp3) is 0.467. The molecule has 20 heavy (non-hydrogen) atoms. The molecule has 0 atom stereocenters. The van der Waals surface area contributed by atoms with Gasteiger partial charge in [0.15, 0.2) is 0 Å². The van der Waals surface area contributed by atoms with E-state index in [1.165, 1.54) is 12.8 Å². The molecule has 0 saturated heterocycles. The topological polar surface area (TPSA) is 72.2 Å². The van der Waals surface area contributed by atoms with Gasteiger partial charge >= 0.3 is 0 Å². The minimum atomic E-state index is -3.31. The van der Waals surface area contributed by atoms with Crippen molar-refractivity contribution >= 4 is 15.9 Å². The van der Waals surface area contributed by atoms with Gasteiger partial charge in [-0.15, -0.1) is 0 Å². The first-order valence-corrected chi connectivity index (χ1v) is 8.61. The summed E-state index contributed by atoms with van der Waals surface area (Å²) in [4.78, 5) is 0.895. The summed E-state index contributed by atoms with van der Waals surface area (Å²) in [6, 6.07) is 5.80. The summed E-state index contributed by atoms with van der Waals surface area (Å²) in [6.07, 6.45) is 6.56. The molecule has 0 spiro atoms. The lowest BCUT2D eigenvalue weighted by molar-refractivity contribution is 0.550. The lowest BCUT2D eigenvalue weighted by atomic mass is 10.1. The van der Waals surface area contributed by atoms with Crippen LogP contribution < -0.4 is 11.1 Å². The third-order valence-corrected chi connectivity index (χ3v) is 6.08. The van der Waals surface area contributed by atoms with Crippen LogP contribution in [0.5, 0.6) is 0 Å². The van der Waals surface area contributed by atoms with Crippen LogP contribution in [0.15, 0.2) is 28.0 Å². The quantitative estimate of drug-likeness (QED) is 0.887. The molecule has 1 aromatic carbocycles. The molecule has 3 N–H and O–H groups in total. The second-order valence-electron chi connectivity index (χ2n) is 5.55. The van der Waals surface area contributed by atoms with E-state index in [2.05, 4.69) is 5.32 Å². The fourth-order valence-corrected chi connectivity index (χ4v) is 4.51. The summed E-state index contributed by atoms with van der Waals surface area (Å²) in [6.45, 7) is 0.858. The minimum Gasteiger partial charge on any atom is -0.326 e. The summed E-state index contributed by atoms with van der Waals surface area (Å²) >= 11 is 0. The van der Waals surface area contributed by atoms with Crippen molar-refractivity contribution < 1.29 is 8.42 Å². The van der Waals surface area contributed by atoms with Gasteiger partial charge in [0.05, 0.1) is 9.80 Å². The molecule has 1 saturated carbocycles. The lowest BCUT2D eigenvalue weighted by Gasteiger charge is -2.12. The molecule has 0 aromatic heterocycles. The van der Waals surface area contributed by atoms with Gasteiger partial charge in [-0.2, -0.15) is 0 Å². The number of rotatable bonds is 4. The van der Waals surface area contributed by atoms with Crippen molar-refractivity contribution in [1.29, 1.82) is 0 Å². The molecule has 5 heteroatoms. The highest BCUT2D eigenvalue weighted by Gasteiger charge is 2.29. The molecular formula is C15H20N2O2S. The minimum absolute atomic E-state index is 0.415. The van der Waals surface area contributed by atoms with E-state index in [-0.39, 0.29) is 0 Å². The fourth-order valence-electron chi connectivity index (χ4n) is 3.00. The Morgan fingerprint density at radius 1 is 1.25 bits per heavy atom. The molecule has 0 radical (unpaired) electrons. The smallest absolute Gasteiger partial charge is 0.204 e. The lowest BCUT2D eigenvalue weighted by Crippen LogP contribution is -2.29. The Hall–Kier alpha value is -1.17. The number of hydrogen-bond donors (Lipinski definition) is 2. The van der Waals surface area contributed by atoms with E-state index in [0.717, 1.165) is 24.0 Å². The molecule has 1 fully saturated rings. The van der Waals surface area contributed by atoms with Gasteiger partial charge in [-0.25, -0.2) is 8.42 Å². The maximum atomic E-state index is 12.4. The van der Waals surface area contributed by atoms with Gasteiger partial charge in [0, 0.05) is 19.1 Å². The third-order valence-electron chi connectivity index (χ3n) is 4.18. The largest absolute Gasteiger partial charge is 0.326 e. The van der Waals surface area contributed by atoms with Crippen LogP contribution in [0.4, 0.5) is 0 Å². The molecule has 0 unspecified atom stereocenters. The van der Waals surface area contributed by atoms with E-state index in [9.17, 15) is 8.42 Å². The van der Waals surface area contributed by atoms with Crippen molar-refractivity contribution in [2.75, 3.05) is 6.54 Å². The van der Waals surface area contributed by atoms with E-state index in [1.807, 2.05) is 6.07 Å².